The van der Waals surface area contributed by atoms with E-state index in [1.165, 1.54) is 11.1 Å². The van der Waals surface area contributed by atoms with Crippen LogP contribution in [0.1, 0.15) is 27.7 Å². The molecule has 0 radical (unpaired) electrons. The molecular formula is C14H24Si2Zr. The molecule has 0 bridgehead atoms. The quantitative estimate of drug-likeness (QED) is 0.591. The summed E-state index contributed by atoms with van der Waals surface area (Å²) in [7, 11) is -1.00. The fraction of sp³-hybridized carbons (Fsp3) is 0.429. The van der Waals surface area contributed by atoms with Crippen LogP contribution in [0.15, 0.2) is 45.1 Å². The van der Waals surface area contributed by atoms with E-state index in [4.69, 9.17) is 0 Å². The van der Waals surface area contributed by atoms with Crippen LogP contribution in [0.2, 0.25) is 13.1 Å². The summed E-state index contributed by atoms with van der Waals surface area (Å²) in [4.78, 5) is 0. The first kappa shape index (κ1) is 17.3. The molecule has 92 valence electrons. The summed E-state index contributed by atoms with van der Waals surface area (Å²) in [5.74, 6) is 0. The third-order valence-corrected chi connectivity index (χ3v) is 9.06. The molecule has 0 aliphatic carbocycles. The topological polar surface area (TPSA) is 0 Å². The normalized spacial score (nSPS) is 26.0. The number of hydrogen-bond acceptors (Lipinski definition) is 0. The van der Waals surface area contributed by atoms with Gasteiger partial charge in [0.25, 0.3) is 0 Å². The van der Waals surface area contributed by atoms with E-state index >= 15 is 0 Å². The summed E-state index contributed by atoms with van der Waals surface area (Å²) < 4.78 is 0. The molecule has 17 heavy (non-hydrogen) atoms. The smallest absolute Gasteiger partial charge is 0.0858 e. The average Bonchev–Trinajstić information content (AvgIpc) is 2.70. The molecule has 0 aromatic heterocycles. The molecule has 2 rings (SSSR count). The first-order chi connectivity index (χ1) is 7.43. The molecular weight excluding hydrogens is 316 g/mol. The van der Waals surface area contributed by atoms with Gasteiger partial charge in [-0.1, -0.05) is 58.2 Å². The molecule has 0 amide bonds. The van der Waals surface area contributed by atoms with E-state index in [0.717, 1.165) is 0 Å². The Morgan fingerprint density at radius 2 is 1.00 bits per heavy atom. The van der Waals surface area contributed by atoms with Gasteiger partial charge >= 0.3 is 0 Å². The molecule has 3 heteroatoms. The van der Waals surface area contributed by atoms with Crippen molar-refractivity contribution in [1.29, 1.82) is 0 Å². The number of rotatable bonds is 0. The molecule has 2 atom stereocenters. The molecule has 2 unspecified atom stereocenters. The summed E-state index contributed by atoms with van der Waals surface area (Å²) in [6, 6.07) is 0. The van der Waals surface area contributed by atoms with Crippen LogP contribution in [-0.2, 0) is 26.2 Å². The minimum absolute atomic E-state index is 0. The Morgan fingerprint density at radius 3 is 1.06 bits per heavy atom. The molecule has 2 aliphatic rings. The minimum Gasteiger partial charge on any atom is -0.0932 e. The Morgan fingerprint density at radius 1 is 0.706 bits per heavy atom. The van der Waals surface area contributed by atoms with Gasteiger partial charge in [0.2, 0.25) is 0 Å². The molecule has 0 fully saturated rings. The van der Waals surface area contributed by atoms with Crippen LogP contribution in [0.25, 0.3) is 0 Å². The van der Waals surface area contributed by atoms with Crippen molar-refractivity contribution in [1.82, 2.24) is 0 Å². The predicted octanol–water partition coefficient (Wildman–Crippen LogP) is 3.65. The minimum atomic E-state index is -0.502. The molecule has 2 heterocycles. The van der Waals surface area contributed by atoms with Crippen LogP contribution >= 0.6 is 0 Å². The van der Waals surface area contributed by atoms with Gasteiger partial charge < -0.3 is 0 Å². The van der Waals surface area contributed by atoms with Crippen LogP contribution in [0.3, 0.4) is 0 Å². The predicted molar refractivity (Wildman–Crippen MR) is 81.1 cm³/mol. The monoisotopic (exact) mass is 338 g/mol. The van der Waals surface area contributed by atoms with Gasteiger partial charge in [-0.3, -0.25) is 0 Å². The van der Waals surface area contributed by atoms with Gasteiger partial charge in [-0.2, -0.15) is 0 Å². The van der Waals surface area contributed by atoms with Gasteiger partial charge in [0.15, 0.2) is 0 Å². The van der Waals surface area contributed by atoms with Crippen molar-refractivity contribution in [2.75, 3.05) is 0 Å². The molecule has 0 aromatic rings. The Bertz CT molecular complexity index is 351. The largest absolute Gasteiger partial charge is 0.0932 e. The van der Waals surface area contributed by atoms with Crippen molar-refractivity contribution < 1.29 is 26.2 Å². The number of allylic oxidation sites excluding steroid dienone is 6. The van der Waals surface area contributed by atoms with Gasteiger partial charge in [-0.25, -0.2) is 0 Å². The van der Waals surface area contributed by atoms with Crippen molar-refractivity contribution in [2.45, 2.75) is 40.8 Å². The van der Waals surface area contributed by atoms with Gasteiger partial charge in [0, 0.05) is 26.2 Å². The number of hydrogen-bond donors (Lipinski definition) is 0. The second kappa shape index (κ2) is 7.65. The maximum atomic E-state index is 2.38. The van der Waals surface area contributed by atoms with Gasteiger partial charge in [0.05, 0.1) is 17.6 Å². The fourth-order valence-electron chi connectivity index (χ4n) is 1.85. The Labute approximate surface area is 129 Å². The van der Waals surface area contributed by atoms with Crippen LogP contribution in [0.5, 0.6) is 0 Å². The van der Waals surface area contributed by atoms with Crippen molar-refractivity contribution in [2.24, 2.45) is 0 Å². The summed E-state index contributed by atoms with van der Waals surface area (Å²) in [6.07, 6.45) is 4.51. The van der Waals surface area contributed by atoms with Crippen molar-refractivity contribution in [3.8, 4) is 0 Å². The maximum absolute atomic E-state index is 2.38. The molecule has 0 spiro atoms. The average molecular weight is 340 g/mol. The third-order valence-electron chi connectivity index (χ3n) is 3.88. The maximum Gasteiger partial charge on any atom is 0.0858 e. The third kappa shape index (κ3) is 4.80. The van der Waals surface area contributed by atoms with Crippen molar-refractivity contribution in [3.05, 3.63) is 45.1 Å². The van der Waals surface area contributed by atoms with Crippen LogP contribution in [0, 0.1) is 0 Å². The van der Waals surface area contributed by atoms with Gasteiger partial charge in [-0.15, -0.1) is 0 Å². The van der Waals surface area contributed by atoms with Crippen molar-refractivity contribution in [3.63, 3.8) is 0 Å². The second-order valence-corrected chi connectivity index (χ2v) is 10.7. The van der Waals surface area contributed by atoms with Crippen LogP contribution in [0.4, 0.5) is 0 Å². The fourth-order valence-corrected chi connectivity index (χ4v) is 5.21. The summed E-state index contributed by atoms with van der Waals surface area (Å²) in [6.45, 7) is 13.6. The molecule has 0 saturated heterocycles. The zero-order chi connectivity index (χ0) is 12.3. The van der Waals surface area contributed by atoms with E-state index in [0.29, 0.717) is 0 Å². The Kier molecular flexibility index (Phi) is 7.78. The van der Waals surface area contributed by atoms with Crippen LogP contribution in [-0.4, -0.2) is 17.6 Å². The molecule has 0 nitrogen and oxygen atoms in total. The standard InChI is InChI=1S/2C7H12Si.Zr/c2*1-6-4-5-8(3)7(6)2;/h2*4-5,8H,1-3H3;. The Balaban J connectivity index is 0.000000284. The zero-order valence-electron chi connectivity index (χ0n) is 12.0. The summed E-state index contributed by atoms with van der Waals surface area (Å²) in [5.41, 5.74) is 7.77. The summed E-state index contributed by atoms with van der Waals surface area (Å²) in [5, 5.41) is 3.31. The SMILES string of the molecule is CC1=C(C)[SiH](C)C=C1.CC1=C(C)[SiH](C)C=C1.[Zr]. The second-order valence-electron chi connectivity index (χ2n) is 5.03. The van der Waals surface area contributed by atoms with E-state index in [1.807, 2.05) is 0 Å². The Hall–Kier alpha value is 0.277. The zero-order valence-corrected chi connectivity index (χ0v) is 16.7. The first-order valence-electron chi connectivity index (χ1n) is 6.14. The molecule has 0 N–H and O–H groups in total. The van der Waals surface area contributed by atoms with Gasteiger partial charge in [-0.05, 0) is 27.7 Å². The van der Waals surface area contributed by atoms with E-state index in [9.17, 15) is 0 Å². The molecule has 0 aromatic carbocycles. The van der Waals surface area contributed by atoms with Crippen molar-refractivity contribution >= 4 is 17.6 Å². The molecule has 2 aliphatic heterocycles. The van der Waals surface area contributed by atoms with E-state index in [2.05, 4.69) is 64.3 Å². The molecule has 0 saturated carbocycles. The summed E-state index contributed by atoms with van der Waals surface area (Å²) >= 11 is 0. The first-order valence-corrected chi connectivity index (χ1v) is 10.9. The van der Waals surface area contributed by atoms with Crippen LogP contribution < -0.4 is 0 Å². The van der Waals surface area contributed by atoms with E-state index < -0.39 is 17.6 Å². The van der Waals surface area contributed by atoms with E-state index in [-0.39, 0.29) is 26.2 Å². The van der Waals surface area contributed by atoms with E-state index in [1.54, 1.807) is 10.4 Å². The van der Waals surface area contributed by atoms with Gasteiger partial charge in [0.1, 0.15) is 0 Å².